The molecule has 0 nitrogen and oxygen atoms in total. The van der Waals surface area contributed by atoms with Gasteiger partial charge in [-0.25, -0.2) is 8.78 Å². The van der Waals surface area contributed by atoms with E-state index in [9.17, 15) is 8.78 Å². The molecule has 0 radical (unpaired) electrons. The lowest BCUT2D eigenvalue weighted by Gasteiger charge is -2.27. The van der Waals surface area contributed by atoms with E-state index in [-0.39, 0.29) is 5.41 Å². The van der Waals surface area contributed by atoms with Gasteiger partial charge in [0.1, 0.15) is 11.6 Å². The van der Waals surface area contributed by atoms with Crippen LogP contribution in [0.4, 0.5) is 8.78 Å². The Morgan fingerprint density at radius 3 is 2.25 bits per heavy atom. The Labute approximate surface area is 99.6 Å². The Balaban J connectivity index is 2.18. The summed E-state index contributed by atoms with van der Waals surface area (Å²) in [5, 5.41) is 0. The smallest absolute Gasteiger partial charge is 0.126 e. The molecule has 0 aromatic heterocycles. The largest absolute Gasteiger partial charge is 0.207 e. The molecule has 0 saturated heterocycles. The topological polar surface area (TPSA) is 0 Å². The molecule has 1 fully saturated rings. The van der Waals surface area contributed by atoms with Crippen LogP contribution in [-0.4, -0.2) is 5.88 Å². The maximum Gasteiger partial charge on any atom is 0.126 e. The molecule has 3 heteroatoms. The minimum atomic E-state index is -0.511. The quantitative estimate of drug-likeness (QED) is 0.698. The monoisotopic (exact) mass is 244 g/mol. The molecule has 0 spiro atoms. The highest BCUT2D eigenvalue weighted by Gasteiger charge is 2.40. The highest BCUT2D eigenvalue weighted by Crippen LogP contribution is 2.48. The number of rotatable bonds is 4. The minimum absolute atomic E-state index is 0.0260. The Hall–Kier alpha value is -0.630. The van der Waals surface area contributed by atoms with Crippen LogP contribution in [0.2, 0.25) is 0 Å². The summed E-state index contributed by atoms with van der Waals surface area (Å²) in [6.07, 6.45) is 3.01. The Morgan fingerprint density at radius 2 is 1.81 bits per heavy atom. The van der Waals surface area contributed by atoms with Crippen LogP contribution in [0.1, 0.15) is 25.3 Å². The lowest BCUT2D eigenvalue weighted by Crippen LogP contribution is -2.24. The number of hydrogen-bond donors (Lipinski definition) is 0. The second kappa shape index (κ2) is 4.33. The van der Waals surface area contributed by atoms with Crippen LogP contribution in [-0.2, 0) is 6.42 Å². The van der Waals surface area contributed by atoms with Crippen molar-refractivity contribution in [3.63, 3.8) is 0 Å². The first-order chi connectivity index (χ1) is 7.53. The molecule has 1 aromatic carbocycles. The molecule has 0 aliphatic heterocycles. The third kappa shape index (κ3) is 2.54. The molecule has 1 aliphatic carbocycles. The molecule has 1 atom stereocenters. The second-order valence-electron chi connectivity index (χ2n) is 5.02. The first kappa shape index (κ1) is 11.8. The first-order valence-electron chi connectivity index (χ1n) is 5.54. The highest BCUT2D eigenvalue weighted by molar-refractivity contribution is 6.18. The molecule has 2 rings (SSSR count). The molecule has 1 unspecified atom stereocenters. The lowest BCUT2D eigenvalue weighted by atomic mass is 9.81. The van der Waals surface area contributed by atoms with Gasteiger partial charge in [0.15, 0.2) is 0 Å². The van der Waals surface area contributed by atoms with Crippen molar-refractivity contribution in [2.24, 2.45) is 11.3 Å². The molecule has 0 amide bonds. The standard InChI is InChI=1S/C13H15ClF2/c1-13(8-14,10-2-3-10)7-9-4-11(15)6-12(16)5-9/h4-6,10H,2-3,7-8H2,1H3. The SMILES string of the molecule is CC(CCl)(Cc1cc(F)cc(F)c1)C1CC1. The number of hydrogen-bond acceptors (Lipinski definition) is 0. The first-order valence-corrected chi connectivity index (χ1v) is 6.08. The Morgan fingerprint density at radius 1 is 1.25 bits per heavy atom. The van der Waals surface area contributed by atoms with Crippen molar-refractivity contribution in [1.29, 1.82) is 0 Å². The maximum atomic E-state index is 13.1. The zero-order chi connectivity index (χ0) is 11.8. The summed E-state index contributed by atoms with van der Waals surface area (Å²) in [6, 6.07) is 3.70. The summed E-state index contributed by atoms with van der Waals surface area (Å²) in [7, 11) is 0. The van der Waals surface area contributed by atoms with Gasteiger partial charge in [0.2, 0.25) is 0 Å². The van der Waals surface area contributed by atoms with E-state index in [1.165, 1.54) is 25.0 Å². The second-order valence-corrected chi connectivity index (χ2v) is 5.28. The molecular weight excluding hydrogens is 230 g/mol. The van der Waals surface area contributed by atoms with Gasteiger partial charge < -0.3 is 0 Å². The van der Waals surface area contributed by atoms with Crippen molar-refractivity contribution in [3.8, 4) is 0 Å². The van der Waals surface area contributed by atoms with Gasteiger partial charge in [0.25, 0.3) is 0 Å². The van der Waals surface area contributed by atoms with Gasteiger partial charge in [-0.3, -0.25) is 0 Å². The van der Waals surface area contributed by atoms with E-state index in [0.717, 1.165) is 6.07 Å². The van der Waals surface area contributed by atoms with Gasteiger partial charge in [-0.15, -0.1) is 11.6 Å². The minimum Gasteiger partial charge on any atom is -0.207 e. The zero-order valence-electron chi connectivity index (χ0n) is 9.27. The lowest BCUT2D eigenvalue weighted by molar-refractivity contribution is 0.312. The fourth-order valence-electron chi connectivity index (χ4n) is 2.26. The normalized spacial score (nSPS) is 19.5. The van der Waals surface area contributed by atoms with E-state index >= 15 is 0 Å². The van der Waals surface area contributed by atoms with Crippen molar-refractivity contribution in [2.45, 2.75) is 26.2 Å². The number of benzene rings is 1. The molecule has 1 aliphatic rings. The maximum absolute atomic E-state index is 13.1. The van der Waals surface area contributed by atoms with Crippen LogP contribution < -0.4 is 0 Å². The number of alkyl halides is 1. The van der Waals surface area contributed by atoms with Gasteiger partial charge in [0.05, 0.1) is 0 Å². The van der Waals surface area contributed by atoms with E-state index in [0.29, 0.717) is 23.8 Å². The van der Waals surface area contributed by atoms with E-state index < -0.39 is 11.6 Å². The molecule has 0 N–H and O–H groups in total. The van der Waals surface area contributed by atoms with Gasteiger partial charge >= 0.3 is 0 Å². The van der Waals surface area contributed by atoms with E-state index in [1.807, 2.05) is 0 Å². The fourth-order valence-corrected chi connectivity index (χ4v) is 2.57. The van der Waals surface area contributed by atoms with Crippen LogP contribution in [0.25, 0.3) is 0 Å². The predicted molar refractivity (Wildman–Crippen MR) is 61.6 cm³/mol. The Bertz CT molecular complexity index is 367. The molecular formula is C13H15ClF2. The highest BCUT2D eigenvalue weighted by atomic mass is 35.5. The van der Waals surface area contributed by atoms with Crippen LogP contribution in [0, 0.1) is 23.0 Å². The fraction of sp³-hybridized carbons (Fsp3) is 0.538. The van der Waals surface area contributed by atoms with E-state index in [2.05, 4.69) is 6.92 Å². The molecule has 0 bridgehead atoms. The van der Waals surface area contributed by atoms with Crippen molar-refractivity contribution in [1.82, 2.24) is 0 Å². The summed E-state index contributed by atoms with van der Waals surface area (Å²) in [5.74, 6) is 0.122. The van der Waals surface area contributed by atoms with Crippen molar-refractivity contribution in [3.05, 3.63) is 35.4 Å². The summed E-state index contributed by atoms with van der Waals surface area (Å²) >= 11 is 5.99. The average Bonchev–Trinajstić information content (AvgIpc) is 2.98. The third-order valence-electron chi connectivity index (χ3n) is 3.40. The van der Waals surface area contributed by atoms with Gasteiger partial charge in [-0.2, -0.15) is 0 Å². The average molecular weight is 245 g/mol. The molecule has 0 heterocycles. The Kier molecular flexibility index (Phi) is 3.20. The molecule has 1 saturated carbocycles. The van der Waals surface area contributed by atoms with Gasteiger partial charge in [-0.05, 0) is 48.3 Å². The number of halogens is 3. The van der Waals surface area contributed by atoms with E-state index in [1.54, 1.807) is 0 Å². The van der Waals surface area contributed by atoms with Crippen molar-refractivity contribution in [2.75, 3.05) is 5.88 Å². The van der Waals surface area contributed by atoms with Crippen LogP contribution in [0.15, 0.2) is 18.2 Å². The summed E-state index contributed by atoms with van der Waals surface area (Å²) in [5.41, 5.74) is 0.675. The third-order valence-corrected chi connectivity index (χ3v) is 4.01. The van der Waals surface area contributed by atoms with Gasteiger partial charge in [-0.1, -0.05) is 6.92 Å². The molecule has 16 heavy (non-hydrogen) atoms. The summed E-state index contributed by atoms with van der Waals surface area (Å²) < 4.78 is 26.1. The van der Waals surface area contributed by atoms with Gasteiger partial charge in [0, 0.05) is 11.9 Å². The van der Waals surface area contributed by atoms with Crippen LogP contribution in [0.3, 0.4) is 0 Å². The van der Waals surface area contributed by atoms with Crippen LogP contribution in [0.5, 0.6) is 0 Å². The predicted octanol–water partition coefficient (Wildman–Crippen LogP) is 4.16. The van der Waals surface area contributed by atoms with Crippen LogP contribution >= 0.6 is 11.6 Å². The summed E-state index contributed by atoms with van der Waals surface area (Å²) in [6.45, 7) is 2.10. The van der Waals surface area contributed by atoms with Crippen molar-refractivity contribution >= 4 is 11.6 Å². The summed E-state index contributed by atoms with van der Waals surface area (Å²) in [4.78, 5) is 0. The van der Waals surface area contributed by atoms with Crippen molar-refractivity contribution < 1.29 is 8.78 Å². The zero-order valence-corrected chi connectivity index (χ0v) is 10.0. The van der Waals surface area contributed by atoms with E-state index in [4.69, 9.17) is 11.6 Å². The molecule has 88 valence electrons. The molecule has 1 aromatic rings.